The van der Waals surface area contributed by atoms with Crippen molar-refractivity contribution in [1.29, 1.82) is 0 Å². The summed E-state index contributed by atoms with van der Waals surface area (Å²) in [5.74, 6) is -0.273. The van der Waals surface area contributed by atoms with E-state index in [1.807, 2.05) is 0 Å². The van der Waals surface area contributed by atoms with Gasteiger partial charge in [0.1, 0.15) is 0 Å². The third-order valence-electron chi connectivity index (χ3n) is 4.81. The number of benzene rings is 1. The first-order valence-corrected chi connectivity index (χ1v) is 10.2. The number of rotatable bonds is 4. The van der Waals surface area contributed by atoms with Gasteiger partial charge < -0.3 is 5.32 Å². The van der Waals surface area contributed by atoms with Gasteiger partial charge in [0.25, 0.3) is 0 Å². The van der Waals surface area contributed by atoms with Gasteiger partial charge in [0, 0.05) is 30.0 Å². The van der Waals surface area contributed by atoms with Crippen LogP contribution in [0.5, 0.6) is 0 Å². The zero-order valence-corrected chi connectivity index (χ0v) is 17.1. The fourth-order valence-electron chi connectivity index (χ4n) is 3.36. The predicted molar refractivity (Wildman–Crippen MR) is 106 cm³/mol. The Kier molecular flexibility index (Phi) is 6.31. The maximum absolute atomic E-state index is 13.3. The topological polar surface area (TPSA) is 45.2 Å². The van der Waals surface area contributed by atoms with Crippen molar-refractivity contribution >= 4 is 34.0 Å². The molecule has 28 heavy (non-hydrogen) atoms. The maximum Gasteiger partial charge on any atom is 0.417 e. The van der Waals surface area contributed by atoms with Crippen molar-refractivity contribution < 1.29 is 18.0 Å². The summed E-state index contributed by atoms with van der Waals surface area (Å²) in [6.45, 7) is 5.04. The number of piperidine rings is 1. The van der Waals surface area contributed by atoms with E-state index in [2.05, 4.69) is 22.1 Å². The Balaban J connectivity index is 2.01. The third kappa shape index (κ3) is 4.85. The van der Waals surface area contributed by atoms with E-state index < -0.39 is 11.7 Å². The molecule has 0 spiro atoms. The number of hydrogen-bond acceptors (Lipinski definition) is 4. The van der Waals surface area contributed by atoms with Gasteiger partial charge in [-0.25, -0.2) is 4.98 Å². The number of halogens is 4. The number of nitrogens with one attached hydrogen (secondary N) is 1. The van der Waals surface area contributed by atoms with Crippen LogP contribution >= 0.6 is 22.9 Å². The molecule has 3 rings (SSSR count). The lowest BCUT2D eigenvalue weighted by molar-refractivity contribution is -0.137. The molecule has 0 unspecified atom stereocenters. The SMILES string of the molecule is CC(=O)Nc1nc(-c2ccc(Cl)c(C(F)(F)F)c2)c(CN2CCCC[C@H]2C)s1. The highest BCUT2D eigenvalue weighted by Crippen LogP contribution is 2.39. The lowest BCUT2D eigenvalue weighted by atomic mass is 10.0. The Bertz CT molecular complexity index is 869. The Labute approximate surface area is 170 Å². The fraction of sp³-hybridized carbons (Fsp3) is 0.474. The summed E-state index contributed by atoms with van der Waals surface area (Å²) in [7, 11) is 0. The average molecular weight is 432 g/mol. The minimum Gasteiger partial charge on any atom is -0.302 e. The zero-order chi connectivity index (χ0) is 20.5. The molecule has 1 saturated heterocycles. The first kappa shape index (κ1) is 21.1. The number of nitrogens with zero attached hydrogens (tertiary/aromatic N) is 2. The first-order chi connectivity index (χ1) is 13.1. The van der Waals surface area contributed by atoms with Crippen LogP contribution in [0.3, 0.4) is 0 Å². The molecular weight excluding hydrogens is 411 g/mol. The van der Waals surface area contributed by atoms with Gasteiger partial charge >= 0.3 is 6.18 Å². The zero-order valence-electron chi connectivity index (χ0n) is 15.6. The van der Waals surface area contributed by atoms with E-state index in [4.69, 9.17) is 11.6 Å². The van der Waals surface area contributed by atoms with Crippen molar-refractivity contribution in [3.63, 3.8) is 0 Å². The van der Waals surface area contributed by atoms with Crippen LogP contribution in [0.25, 0.3) is 11.3 Å². The molecule has 0 radical (unpaired) electrons. The van der Waals surface area contributed by atoms with Crippen LogP contribution in [0.2, 0.25) is 5.02 Å². The van der Waals surface area contributed by atoms with Crippen LogP contribution in [0, 0.1) is 0 Å². The number of carbonyl (C=O) groups excluding carboxylic acids is 1. The molecular formula is C19H21ClF3N3OS. The summed E-state index contributed by atoms with van der Waals surface area (Å²) in [6.07, 6.45) is -1.19. The molecule has 1 aromatic heterocycles. The van der Waals surface area contributed by atoms with Crippen LogP contribution in [-0.2, 0) is 17.5 Å². The number of alkyl halides is 3. The van der Waals surface area contributed by atoms with Crippen LogP contribution in [-0.4, -0.2) is 28.4 Å². The second-order valence-electron chi connectivity index (χ2n) is 6.98. The molecule has 1 aliphatic rings. The number of anilines is 1. The summed E-state index contributed by atoms with van der Waals surface area (Å²) >= 11 is 7.05. The van der Waals surface area contributed by atoms with Crippen molar-refractivity contribution in [3.8, 4) is 11.3 Å². The predicted octanol–water partition coefficient (Wildman–Crippen LogP) is 5.82. The highest BCUT2D eigenvalue weighted by atomic mass is 35.5. The van der Waals surface area contributed by atoms with Crippen molar-refractivity contribution in [3.05, 3.63) is 33.7 Å². The second-order valence-corrected chi connectivity index (χ2v) is 8.47. The Morgan fingerprint density at radius 2 is 2.14 bits per heavy atom. The minimum atomic E-state index is -4.55. The normalized spacial score (nSPS) is 18.3. The lowest BCUT2D eigenvalue weighted by Gasteiger charge is -2.33. The molecule has 152 valence electrons. The Morgan fingerprint density at radius 1 is 1.39 bits per heavy atom. The van der Waals surface area contributed by atoms with Crippen LogP contribution < -0.4 is 5.32 Å². The standard InChI is InChI=1S/C19H21ClF3N3OS/c1-11-5-3-4-8-26(11)10-16-17(25-18(28-16)24-12(2)27)13-6-7-15(20)14(9-13)19(21,22)23/h6-7,9,11H,3-5,8,10H2,1-2H3,(H,24,25,27)/t11-/m1/s1. The van der Waals surface area contributed by atoms with E-state index in [1.165, 1.54) is 36.8 Å². The molecule has 0 aliphatic carbocycles. The molecule has 1 amide bonds. The monoisotopic (exact) mass is 431 g/mol. The highest BCUT2D eigenvalue weighted by molar-refractivity contribution is 7.16. The van der Waals surface area contributed by atoms with Gasteiger partial charge in [-0.3, -0.25) is 9.69 Å². The highest BCUT2D eigenvalue weighted by Gasteiger charge is 2.34. The van der Waals surface area contributed by atoms with E-state index >= 15 is 0 Å². The van der Waals surface area contributed by atoms with Gasteiger partial charge in [-0.2, -0.15) is 13.2 Å². The summed E-state index contributed by atoms with van der Waals surface area (Å²) in [5, 5.41) is 2.67. The Hall–Kier alpha value is -1.64. The summed E-state index contributed by atoms with van der Waals surface area (Å²) in [6, 6.07) is 4.19. The van der Waals surface area contributed by atoms with Gasteiger partial charge in [-0.05, 0) is 38.4 Å². The molecule has 1 N–H and O–H groups in total. The van der Waals surface area contributed by atoms with E-state index in [0.717, 1.165) is 30.3 Å². The molecule has 9 heteroatoms. The quantitative estimate of drug-likeness (QED) is 0.663. The van der Waals surface area contributed by atoms with Gasteiger partial charge in [0.2, 0.25) is 5.91 Å². The maximum atomic E-state index is 13.3. The molecule has 2 aromatic rings. The van der Waals surface area contributed by atoms with Crippen molar-refractivity contribution in [2.75, 3.05) is 11.9 Å². The second kappa shape index (κ2) is 8.39. The van der Waals surface area contributed by atoms with Crippen molar-refractivity contribution in [2.45, 2.75) is 51.9 Å². The van der Waals surface area contributed by atoms with E-state index in [1.54, 1.807) is 0 Å². The molecule has 1 fully saturated rings. The van der Waals surface area contributed by atoms with Gasteiger partial charge in [-0.15, -0.1) is 0 Å². The lowest BCUT2D eigenvalue weighted by Crippen LogP contribution is -2.36. The van der Waals surface area contributed by atoms with Crippen molar-refractivity contribution in [1.82, 2.24) is 9.88 Å². The van der Waals surface area contributed by atoms with Crippen molar-refractivity contribution in [2.24, 2.45) is 0 Å². The van der Waals surface area contributed by atoms with Gasteiger partial charge in [-0.1, -0.05) is 35.4 Å². The number of likely N-dealkylation sites (tertiary alicyclic amines) is 1. The van der Waals surface area contributed by atoms with Gasteiger partial charge in [0.15, 0.2) is 5.13 Å². The average Bonchev–Trinajstić information content (AvgIpc) is 2.98. The molecule has 2 heterocycles. The molecule has 1 atom stereocenters. The third-order valence-corrected chi connectivity index (χ3v) is 6.10. The molecule has 1 aromatic carbocycles. The molecule has 1 aliphatic heterocycles. The number of hydrogen-bond donors (Lipinski definition) is 1. The smallest absolute Gasteiger partial charge is 0.302 e. The molecule has 0 saturated carbocycles. The fourth-order valence-corrected chi connectivity index (χ4v) is 4.64. The summed E-state index contributed by atoms with van der Waals surface area (Å²) in [4.78, 5) is 19.0. The van der Waals surface area contributed by atoms with Crippen LogP contribution in [0.15, 0.2) is 18.2 Å². The number of carbonyl (C=O) groups is 1. The molecule has 4 nitrogen and oxygen atoms in total. The first-order valence-electron chi connectivity index (χ1n) is 9.03. The number of thiazole rings is 1. The van der Waals surface area contributed by atoms with E-state index in [-0.39, 0.29) is 10.9 Å². The largest absolute Gasteiger partial charge is 0.417 e. The number of amides is 1. The minimum absolute atomic E-state index is 0.273. The van der Waals surface area contributed by atoms with E-state index in [9.17, 15) is 18.0 Å². The van der Waals surface area contributed by atoms with Crippen LogP contribution in [0.4, 0.5) is 18.3 Å². The Morgan fingerprint density at radius 3 is 2.79 bits per heavy atom. The van der Waals surface area contributed by atoms with Crippen LogP contribution in [0.1, 0.15) is 43.6 Å². The summed E-state index contributed by atoms with van der Waals surface area (Å²) < 4.78 is 39.8. The molecule has 0 bridgehead atoms. The van der Waals surface area contributed by atoms with Gasteiger partial charge in [0.05, 0.1) is 16.3 Å². The summed E-state index contributed by atoms with van der Waals surface area (Å²) in [5.41, 5.74) is -0.101. The number of aromatic nitrogens is 1. The van der Waals surface area contributed by atoms with E-state index in [0.29, 0.717) is 29.0 Å².